The highest BCUT2D eigenvalue weighted by Crippen LogP contribution is 2.32. The highest BCUT2D eigenvalue weighted by molar-refractivity contribution is 5.97. The second-order valence-electron chi connectivity index (χ2n) is 6.12. The first-order valence-corrected chi connectivity index (χ1v) is 7.50. The molecule has 4 nitrogen and oxygen atoms in total. The van der Waals surface area contributed by atoms with Crippen LogP contribution in [0.1, 0.15) is 39.2 Å². The van der Waals surface area contributed by atoms with Gasteiger partial charge < -0.3 is 9.47 Å². The summed E-state index contributed by atoms with van der Waals surface area (Å²) >= 11 is 0. The third-order valence-electron chi connectivity index (χ3n) is 3.03. The molecule has 0 saturated heterocycles. The lowest BCUT2D eigenvalue weighted by Crippen LogP contribution is -2.27. The number of hydrogen-bond acceptors (Lipinski definition) is 4. The van der Waals surface area contributed by atoms with E-state index in [1.54, 1.807) is 27.7 Å². The smallest absolute Gasteiger partial charge is 0.334 e. The molecule has 0 spiro atoms. The molecule has 0 bridgehead atoms. The molecule has 0 aliphatic rings. The van der Waals surface area contributed by atoms with Crippen LogP contribution in [-0.2, 0) is 19.1 Å². The van der Waals surface area contributed by atoms with Crippen molar-refractivity contribution in [1.29, 1.82) is 0 Å². The summed E-state index contributed by atoms with van der Waals surface area (Å²) in [6.07, 6.45) is 0. The van der Waals surface area contributed by atoms with Crippen LogP contribution in [0.5, 0.6) is 0 Å². The molecule has 1 aromatic carbocycles. The van der Waals surface area contributed by atoms with E-state index in [2.05, 4.69) is 13.2 Å². The molecule has 0 aliphatic heterocycles. The predicted octanol–water partition coefficient (Wildman–Crippen LogP) is 3.79. The topological polar surface area (TPSA) is 52.6 Å². The second-order valence-corrected chi connectivity index (χ2v) is 6.12. The molecule has 0 aliphatic carbocycles. The summed E-state index contributed by atoms with van der Waals surface area (Å²) in [7, 11) is 0. The van der Waals surface area contributed by atoms with Crippen LogP contribution in [-0.4, -0.2) is 24.1 Å². The van der Waals surface area contributed by atoms with E-state index in [1.165, 1.54) is 0 Å². The summed E-state index contributed by atoms with van der Waals surface area (Å²) < 4.78 is 10.4. The third kappa shape index (κ3) is 5.40. The molecule has 1 rings (SSSR count). The lowest BCUT2D eigenvalue weighted by Gasteiger charge is -2.24. The summed E-state index contributed by atoms with van der Waals surface area (Å²) in [5.74, 6) is -1.78. The maximum atomic E-state index is 12.3. The first kappa shape index (κ1) is 18.7. The highest BCUT2D eigenvalue weighted by Gasteiger charge is 2.30. The van der Waals surface area contributed by atoms with E-state index in [1.807, 2.05) is 30.3 Å². The Bertz CT molecular complexity index is 594. The largest absolute Gasteiger partial charge is 0.463 e. The Morgan fingerprint density at radius 2 is 1.57 bits per heavy atom. The van der Waals surface area contributed by atoms with Crippen LogP contribution in [0.4, 0.5) is 0 Å². The molecule has 0 unspecified atom stereocenters. The third-order valence-corrected chi connectivity index (χ3v) is 3.03. The van der Waals surface area contributed by atoms with E-state index in [9.17, 15) is 9.59 Å². The van der Waals surface area contributed by atoms with E-state index in [0.29, 0.717) is 0 Å². The standard InChI is InChI=1S/C19H24O4/c1-7-22-17(20)13(2)16(15-11-9-8-10-12-15)14(3)18(21)23-19(4,5)6/h8-12,16H,2-3,7H2,1,4-6H3/t16-/m1/s1. The van der Waals surface area contributed by atoms with E-state index < -0.39 is 23.5 Å². The molecule has 1 aromatic rings. The van der Waals surface area contributed by atoms with Crippen LogP contribution in [0.15, 0.2) is 54.6 Å². The van der Waals surface area contributed by atoms with Crippen LogP contribution in [0.25, 0.3) is 0 Å². The minimum atomic E-state index is -0.676. The minimum absolute atomic E-state index is 0.157. The average Bonchev–Trinajstić information content (AvgIpc) is 2.46. The molecule has 0 N–H and O–H groups in total. The van der Waals surface area contributed by atoms with Crippen molar-refractivity contribution in [3.05, 3.63) is 60.2 Å². The van der Waals surface area contributed by atoms with Crippen molar-refractivity contribution < 1.29 is 19.1 Å². The zero-order chi connectivity index (χ0) is 17.6. The molecule has 0 saturated carbocycles. The lowest BCUT2D eigenvalue weighted by atomic mass is 9.86. The fraction of sp³-hybridized carbons (Fsp3) is 0.368. The molecule has 0 heterocycles. The van der Waals surface area contributed by atoms with Gasteiger partial charge in [0.15, 0.2) is 0 Å². The minimum Gasteiger partial charge on any atom is -0.463 e. The van der Waals surface area contributed by atoms with Gasteiger partial charge in [-0.05, 0) is 33.3 Å². The Balaban J connectivity index is 3.15. The van der Waals surface area contributed by atoms with Gasteiger partial charge in [0.2, 0.25) is 0 Å². The summed E-state index contributed by atoms with van der Waals surface area (Å²) in [6.45, 7) is 14.9. The summed E-state index contributed by atoms with van der Waals surface area (Å²) in [6, 6.07) is 9.12. The lowest BCUT2D eigenvalue weighted by molar-refractivity contribution is -0.150. The fourth-order valence-electron chi connectivity index (χ4n) is 2.06. The van der Waals surface area contributed by atoms with Gasteiger partial charge in [0.25, 0.3) is 0 Å². The van der Waals surface area contributed by atoms with Gasteiger partial charge in [0.05, 0.1) is 6.61 Å². The molecule has 0 aromatic heterocycles. The van der Waals surface area contributed by atoms with Gasteiger partial charge in [-0.1, -0.05) is 43.5 Å². The highest BCUT2D eigenvalue weighted by atomic mass is 16.6. The Labute approximate surface area is 137 Å². The molecule has 0 radical (unpaired) electrons. The van der Waals surface area contributed by atoms with Gasteiger partial charge >= 0.3 is 11.9 Å². The van der Waals surface area contributed by atoms with Crippen LogP contribution < -0.4 is 0 Å². The van der Waals surface area contributed by atoms with Crippen LogP contribution >= 0.6 is 0 Å². The van der Waals surface area contributed by atoms with Crippen molar-refractivity contribution in [1.82, 2.24) is 0 Å². The van der Waals surface area contributed by atoms with Crippen LogP contribution in [0.2, 0.25) is 0 Å². The van der Waals surface area contributed by atoms with Gasteiger partial charge in [0, 0.05) is 17.1 Å². The number of benzene rings is 1. The number of carbonyl (C=O) groups excluding carboxylic acids is 2. The zero-order valence-electron chi connectivity index (χ0n) is 14.2. The quantitative estimate of drug-likeness (QED) is 0.592. The number of rotatable bonds is 6. The van der Waals surface area contributed by atoms with E-state index in [4.69, 9.17) is 9.47 Å². The van der Waals surface area contributed by atoms with Crippen molar-refractivity contribution in [3.8, 4) is 0 Å². The monoisotopic (exact) mass is 316 g/mol. The van der Waals surface area contributed by atoms with Gasteiger partial charge in [0.1, 0.15) is 5.60 Å². The maximum absolute atomic E-state index is 12.3. The first-order valence-electron chi connectivity index (χ1n) is 7.50. The average molecular weight is 316 g/mol. The van der Waals surface area contributed by atoms with Crippen molar-refractivity contribution in [3.63, 3.8) is 0 Å². The summed E-state index contributed by atoms with van der Waals surface area (Å²) in [5, 5.41) is 0. The molecule has 0 amide bonds. The Morgan fingerprint density at radius 1 is 1.04 bits per heavy atom. The van der Waals surface area contributed by atoms with E-state index in [0.717, 1.165) is 5.56 Å². The number of ether oxygens (including phenoxy) is 2. The molecular weight excluding hydrogens is 292 g/mol. The van der Waals surface area contributed by atoms with E-state index in [-0.39, 0.29) is 17.8 Å². The van der Waals surface area contributed by atoms with E-state index >= 15 is 0 Å². The van der Waals surface area contributed by atoms with Crippen molar-refractivity contribution in [2.45, 2.75) is 39.2 Å². The molecule has 23 heavy (non-hydrogen) atoms. The zero-order valence-corrected chi connectivity index (χ0v) is 14.2. The van der Waals surface area contributed by atoms with Crippen LogP contribution in [0, 0.1) is 0 Å². The fourth-order valence-corrected chi connectivity index (χ4v) is 2.06. The van der Waals surface area contributed by atoms with Crippen LogP contribution in [0.3, 0.4) is 0 Å². The molecule has 4 heteroatoms. The first-order chi connectivity index (χ1) is 10.7. The van der Waals surface area contributed by atoms with Crippen molar-refractivity contribution >= 4 is 11.9 Å². The molecule has 124 valence electrons. The number of hydrogen-bond donors (Lipinski definition) is 0. The molecular formula is C19H24O4. The Hall–Kier alpha value is -2.36. The van der Waals surface area contributed by atoms with Gasteiger partial charge in [-0.15, -0.1) is 0 Å². The normalized spacial score (nSPS) is 12.2. The summed E-state index contributed by atoms with van der Waals surface area (Å²) in [5.41, 5.74) is 0.409. The number of carbonyl (C=O) groups is 2. The predicted molar refractivity (Wildman–Crippen MR) is 89.9 cm³/mol. The van der Waals surface area contributed by atoms with Crippen molar-refractivity contribution in [2.24, 2.45) is 0 Å². The van der Waals surface area contributed by atoms with Crippen molar-refractivity contribution in [2.75, 3.05) is 6.61 Å². The van der Waals surface area contributed by atoms with Gasteiger partial charge in [-0.2, -0.15) is 0 Å². The maximum Gasteiger partial charge on any atom is 0.334 e. The Kier molecular flexibility index (Phi) is 6.31. The molecule has 1 atom stereocenters. The number of esters is 2. The Morgan fingerprint density at radius 3 is 2.04 bits per heavy atom. The van der Waals surface area contributed by atoms with Gasteiger partial charge in [-0.25, -0.2) is 9.59 Å². The summed E-state index contributed by atoms with van der Waals surface area (Å²) in [4.78, 5) is 24.4. The SMILES string of the molecule is C=C(C(=O)OCC)[C@H](C(=C)C(=O)OC(C)(C)C)c1ccccc1. The van der Waals surface area contributed by atoms with Gasteiger partial charge in [-0.3, -0.25) is 0 Å². The second kappa shape index (κ2) is 7.77. The molecule has 0 fully saturated rings.